The minimum atomic E-state index is 0.273. The number of phenols is 1. The first kappa shape index (κ1) is 10.7. The van der Waals surface area contributed by atoms with Gasteiger partial charge >= 0.3 is 0 Å². The van der Waals surface area contributed by atoms with Gasteiger partial charge in [0.05, 0.1) is 10.0 Å². The second-order valence-corrected chi connectivity index (χ2v) is 3.81. The maximum absolute atomic E-state index is 9.74. The van der Waals surface area contributed by atoms with Crippen molar-refractivity contribution in [3.05, 3.63) is 26.7 Å². The van der Waals surface area contributed by atoms with Crippen molar-refractivity contribution in [2.45, 2.75) is 27.2 Å². The van der Waals surface area contributed by atoms with Crippen LogP contribution in [0.25, 0.3) is 0 Å². The van der Waals surface area contributed by atoms with E-state index in [0.29, 0.717) is 16.5 Å². The van der Waals surface area contributed by atoms with Crippen molar-refractivity contribution in [1.29, 1.82) is 0 Å². The monoisotopic (exact) mass is 218 g/mol. The molecule has 0 heterocycles. The third-order valence-corrected chi connectivity index (χ3v) is 3.33. The highest BCUT2D eigenvalue weighted by Crippen LogP contribution is 2.38. The summed E-state index contributed by atoms with van der Waals surface area (Å²) in [5, 5.41) is 10.8. The van der Waals surface area contributed by atoms with Gasteiger partial charge in [-0.2, -0.15) is 0 Å². The van der Waals surface area contributed by atoms with Crippen LogP contribution in [0.3, 0.4) is 0 Å². The molecule has 0 aromatic heterocycles. The van der Waals surface area contributed by atoms with Gasteiger partial charge in [-0.05, 0) is 31.4 Å². The maximum atomic E-state index is 9.74. The Morgan fingerprint density at radius 3 is 2.08 bits per heavy atom. The fourth-order valence-electron chi connectivity index (χ4n) is 1.29. The van der Waals surface area contributed by atoms with Crippen LogP contribution >= 0.6 is 23.2 Å². The van der Waals surface area contributed by atoms with Crippen molar-refractivity contribution in [3.8, 4) is 5.75 Å². The van der Waals surface area contributed by atoms with Crippen LogP contribution < -0.4 is 0 Å². The summed E-state index contributed by atoms with van der Waals surface area (Å²) in [6.07, 6.45) is 0.686. The summed E-state index contributed by atoms with van der Waals surface area (Å²) < 4.78 is 0. The van der Waals surface area contributed by atoms with Gasteiger partial charge in [-0.3, -0.25) is 0 Å². The minimum absolute atomic E-state index is 0.273. The van der Waals surface area contributed by atoms with Crippen molar-refractivity contribution in [3.63, 3.8) is 0 Å². The summed E-state index contributed by atoms with van der Waals surface area (Å²) in [4.78, 5) is 0. The van der Waals surface area contributed by atoms with Gasteiger partial charge in [-0.1, -0.05) is 30.1 Å². The van der Waals surface area contributed by atoms with Gasteiger partial charge in [-0.25, -0.2) is 0 Å². The number of benzene rings is 1. The fourth-order valence-corrected chi connectivity index (χ4v) is 1.91. The average molecular weight is 219 g/mol. The first-order valence-corrected chi connectivity index (χ1v) is 4.92. The molecule has 0 unspecified atom stereocenters. The molecule has 1 aromatic rings. The molecule has 1 N–H and O–H groups in total. The van der Waals surface area contributed by atoms with Gasteiger partial charge in [0.15, 0.2) is 0 Å². The summed E-state index contributed by atoms with van der Waals surface area (Å²) in [5.74, 6) is 0.273. The highest BCUT2D eigenvalue weighted by molar-refractivity contribution is 6.43. The predicted molar refractivity (Wildman–Crippen MR) is 57.0 cm³/mol. The SMILES string of the molecule is CCc1c(O)c(C)c(C)c(Cl)c1Cl. The molecule has 0 atom stereocenters. The first-order chi connectivity index (χ1) is 6.00. The van der Waals surface area contributed by atoms with Gasteiger partial charge in [0.2, 0.25) is 0 Å². The molecular weight excluding hydrogens is 207 g/mol. The quantitative estimate of drug-likeness (QED) is 0.759. The molecular formula is C10H12Cl2O. The van der Waals surface area contributed by atoms with E-state index in [0.717, 1.165) is 16.7 Å². The van der Waals surface area contributed by atoms with Crippen LogP contribution in [0, 0.1) is 13.8 Å². The van der Waals surface area contributed by atoms with Crippen molar-refractivity contribution >= 4 is 23.2 Å². The fraction of sp³-hybridized carbons (Fsp3) is 0.400. The van der Waals surface area contributed by atoms with Crippen LogP contribution in [0.4, 0.5) is 0 Å². The Kier molecular flexibility index (Phi) is 3.09. The molecule has 1 nitrogen and oxygen atoms in total. The van der Waals surface area contributed by atoms with E-state index < -0.39 is 0 Å². The Hall–Kier alpha value is -0.400. The molecule has 13 heavy (non-hydrogen) atoms. The van der Waals surface area contributed by atoms with Crippen LogP contribution in [0.15, 0.2) is 0 Å². The van der Waals surface area contributed by atoms with Gasteiger partial charge < -0.3 is 5.11 Å². The van der Waals surface area contributed by atoms with E-state index in [1.165, 1.54) is 0 Å². The summed E-state index contributed by atoms with van der Waals surface area (Å²) in [6, 6.07) is 0. The number of halogens is 2. The largest absolute Gasteiger partial charge is 0.507 e. The van der Waals surface area contributed by atoms with E-state index in [-0.39, 0.29) is 5.75 Å². The zero-order valence-electron chi connectivity index (χ0n) is 7.91. The van der Waals surface area contributed by atoms with Crippen molar-refractivity contribution in [1.82, 2.24) is 0 Å². The van der Waals surface area contributed by atoms with E-state index >= 15 is 0 Å². The first-order valence-electron chi connectivity index (χ1n) is 4.16. The number of aromatic hydroxyl groups is 1. The lowest BCUT2D eigenvalue weighted by molar-refractivity contribution is 0.464. The Bertz CT molecular complexity index is 316. The van der Waals surface area contributed by atoms with E-state index in [1.807, 2.05) is 20.8 Å². The molecule has 0 saturated heterocycles. The lowest BCUT2D eigenvalue weighted by Crippen LogP contribution is -1.92. The van der Waals surface area contributed by atoms with Gasteiger partial charge in [0.1, 0.15) is 5.75 Å². The summed E-state index contributed by atoms with van der Waals surface area (Å²) in [7, 11) is 0. The van der Waals surface area contributed by atoms with Crippen LogP contribution in [0.2, 0.25) is 10.0 Å². The maximum Gasteiger partial charge on any atom is 0.123 e. The highest BCUT2D eigenvalue weighted by atomic mass is 35.5. The van der Waals surface area contributed by atoms with Crippen molar-refractivity contribution in [2.24, 2.45) is 0 Å². The van der Waals surface area contributed by atoms with Crippen molar-refractivity contribution in [2.75, 3.05) is 0 Å². The molecule has 0 amide bonds. The third-order valence-electron chi connectivity index (χ3n) is 2.34. The zero-order valence-corrected chi connectivity index (χ0v) is 9.42. The Labute approximate surface area is 88.3 Å². The van der Waals surface area contributed by atoms with Crippen LogP contribution in [0.5, 0.6) is 5.75 Å². The standard InChI is InChI=1S/C10H12Cl2O/c1-4-7-9(12)8(11)5(2)6(3)10(7)13/h13H,4H2,1-3H3. The molecule has 0 aliphatic rings. The molecule has 72 valence electrons. The van der Waals surface area contributed by atoms with Crippen LogP contribution in [-0.4, -0.2) is 5.11 Å². The zero-order chi connectivity index (χ0) is 10.2. The average Bonchev–Trinajstić information content (AvgIpc) is 2.13. The Morgan fingerprint density at radius 2 is 1.62 bits per heavy atom. The van der Waals surface area contributed by atoms with E-state index in [1.54, 1.807) is 0 Å². The number of phenolic OH excluding ortho intramolecular Hbond substituents is 1. The summed E-state index contributed by atoms with van der Waals surface area (Å²) >= 11 is 12.0. The lowest BCUT2D eigenvalue weighted by Gasteiger charge is -2.12. The third kappa shape index (κ3) is 1.63. The molecule has 0 fully saturated rings. The Morgan fingerprint density at radius 1 is 1.08 bits per heavy atom. The second kappa shape index (κ2) is 3.77. The topological polar surface area (TPSA) is 20.2 Å². The summed E-state index contributed by atoms with van der Waals surface area (Å²) in [6.45, 7) is 5.63. The smallest absolute Gasteiger partial charge is 0.123 e. The van der Waals surface area contributed by atoms with E-state index in [4.69, 9.17) is 23.2 Å². The Balaban J connectivity index is 3.56. The molecule has 0 bridgehead atoms. The molecule has 3 heteroatoms. The highest BCUT2D eigenvalue weighted by Gasteiger charge is 2.15. The lowest BCUT2D eigenvalue weighted by atomic mass is 10.0. The number of rotatable bonds is 1. The second-order valence-electron chi connectivity index (χ2n) is 3.06. The molecule has 0 spiro atoms. The molecule has 1 aromatic carbocycles. The van der Waals surface area contributed by atoms with Crippen LogP contribution in [-0.2, 0) is 6.42 Å². The molecule has 0 aliphatic carbocycles. The molecule has 1 rings (SSSR count). The van der Waals surface area contributed by atoms with Gasteiger partial charge in [-0.15, -0.1) is 0 Å². The van der Waals surface area contributed by atoms with Gasteiger partial charge in [0, 0.05) is 5.56 Å². The number of hydrogen-bond donors (Lipinski definition) is 1. The van der Waals surface area contributed by atoms with E-state index in [9.17, 15) is 5.11 Å². The van der Waals surface area contributed by atoms with Gasteiger partial charge in [0.25, 0.3) is 0 Å². The predicted octanol–water partition coefficient (Wildman–Crippen LogP) is 3.88. The minimum Gasteiger partial charge on any atom is -0.507 e. The molecule has 0 radical (unpaired) electrons. The summed E-state index contributed by atoms with van der Waals surface area (Å²) in [5.41, 5.74) is 2.39. The number of hydrogen-bond acceptors (Lipinski definition) is 1. The normalized spacial score (nSPS) is 10.5. The van der Waals surface area contributed by atoms with Crippen molar-refractivity contribution < 1.29 is 5.11 Å². The molecule has 0 aliphatic heterocycles. The van der Waals surface area contributed by atoms with Crippen LogP contribution in [0.1, 0.15) is 23.6 Å². The molecule has 0 saturated carbocycles. The van der Waals surface area contributed by atoms with E-state index in [2.05, 4.69) is 0 Å².